The molecule has 0 atom stereocenters. The Morgan fingerprint density at radius 2 is 1.81 bits per heavy atom. The fourth-order valence-electron chi connectivity index (χ4n) is 3.40. The zero-order chi connectivity index (χ0) is 21.8. The molecule has 8 heteroatoms. The maximum Gasteiger partial charge on any atom is 0.191 e. The first-order valence-corrected chi connectivity index (χ1v) is 10.9. The van der Waals surface area contributed by atoms with Gasteiger partial charge in [-0.25, -0.2) is 4.68 Å². The average Bonchev–Trinajstić information content (AvgIpc) is 3.38. The Kier molecular flexibility index (Phi) is 6.05. The van der Waals surface area contributed by atoms with Crippen LogP contribution < -0.4 is 4.74 Å². The molecule has 2 aromatic carbocycles. The molecule has 4 rings (SSSR count). The molecule has 0 aliphatic carbocycles. The summed E-state index contributed by atoms with van der Waals surface area (Å²) >= 11 is 1.55. The van der Waals surface area contributed by atoms with Crippen molar-refractivity contribution in [2.45, 2.75) is 31.3 Å². The van der Waals surface area contributed by atoms with Crippen molar-refractivity contribution in [1.29, 1.82) is 5.26 Å². The van der Waals surface area contributed by atoms with Crippen LogP contribution in [0, 0.1) is 18.3 Å². The molecular weight excluding hydrogens is 408 g/mol. The molecule has 0 fully saturated rings. The smallest absolute Gasteiger partial charge is 0.191 e. The number of nitrogens with zero attached hydrogens (tertiary/aromatic N) is 6. The van der Waals surface area contributed by atoms with E-state index >= 15 is 0 Å². The van der Waals surface area contributed by atoms with Crippen molar-refractivity contribution in [3.8, 4) is 28.9 Å². The minimum absolute atomic E-state index is 0.555. The van der Waals surface area contributed by atoms with E-state index in [2.05, 4.69) is 32.9 Å². The Balaban J connectivity index is 1.64. The summed E-state index contributed by atoms with van der Waals surface area (Å²) in [6, 6.07) is 19.9. The lowest BCUT2D eigenvalue weighted by Gasteiger charge is -2.10. The van der Waals surface area contributed by atoms with E-state index in [1.165, 1.54) is 0 Å². The molecule has 0 spiro atoms. The second-order valence-corrected chi connectivity index (χ2v) is 7.78. The topological polar surface area (TPSA) is 81.5 Å². The fourth-order valence-corrected chi connectivity index (χ4v) is 4.41. The van der Waals surface area contributed by atoms with Crippen LogP contribution in [-0.2, 0) is 12.3 Å². The van der Waals surface area contributed by atoms with Crippen LogP contribution in [0.1, 0.15) is 23.9 Å². The molecule has 0 saturated carbocycles. The number of hydrogen-bond acceptors (Lipinski definition) is 6. The zero-order valence-electron chi connectivity index (χ0n) is 17.6. The molecule has 2 aromatic heterocycles. The summed E-state index contributed by atoms with van der Waals surface area (Å²) in [4.78, 5) is 0. The lowest BCUT2D eigenvalue weighted by atomic mass is 10.2. The molecule has 0 bridgehead atoms. The normalized spacial score (nSPS) is 10.8. The molecule has 0 unspecified atom stereocenters. The number of nitriles is 1. The minimum atomic E-state index is 0.555. The van der Waals surface area contributed by atoms with Gasteiger partial charge in [0.1, 0.15) is 11.8 Å². The van der Waals surface area contributed by atoms with E-state index in [9.17, 15) is 5.26 Å². The Morgan fingerprint density at radius 3 is 2.45 bits per heavy atom. The van der Waals surface area contributed by atoms with Crippen LogP contribution >= 0.6 is 11.8 Å². The molecule has 0 aliphatic heterocycles. The van der Waals surface area contributed by atoms with E-state index in [1.807, 2.05) is 66.2 Å². The number of methoxy groups -OCH3 is 1. The summed E-state index contributed by atoms with van der Waals surface area (Å²) in [5.74, 6) is 2.16. The van der Waals surface area contributed by atoms with E-state index in [-0.39, 0.29) is 0 Å². The maximum absolute atomic E-state index is 9.70. The van der Waals surface area contributed by atoms with Gasteiger partial charge in [0.15, 0.2) is 11.0 Å². The molecule has 156 valence electrons. The fraction of sp³-hybridized carbons (Fsp3) is 0.217. The van der Waals surface area contributed by atoms with Gasteiger partial charge >= 0.3 is 0 Å². The Bertz CT molecular complexity index is 1220. The molecular formula is C23H22N6OS. The minimum Gasteiger partial charge on any atom is -0.497 e. The van der Waals surface area contributed by atoms with Gasteiger partial charge in [0.05, 0.1) is 29.7 Å². The molecule has 0 N–H and O–H groups in total. The monoisotopic (exact) mass is 430 g/mol. The number of aromatic nitrogens is 5. The number of aryl methyl sites for hydroxylation is 1. The molecule has 0 saturated heterocycles. The highest BCUT2D eigenvalue weighted by Crippen LogP contribution is 2.29. The van der Waals surface area contributed by atoms with Crippen LogP contribution in [0.3, 0.4) is 0 Å². The van der Waals surface area contributed by atoms with Crippen LogP contribution in [-0.4, -0.2) is 31.7 Å². The summed E-state index contributed by atoms with van der Waals surface area (Å²) in [5, 5.41) is 23.9. The number of ether oxygens (including phenoxy) is 1. The third-order valence-electron chi connectivity index (χ3n) is 4.99. The highest BCUT2D eigenvalue weighted by molar-refractivity contribution is 7.98. The summed E-state index contributed by atoms with van der Waals surface area (Å²) in [6.07, 6.45) is 0. The van der Waals surface area contributed by atoms with Crippen LogP contribution in [0.2, 0.25) is 0 Å². The van der Waals surface area contributed by atoms with Crippen molar-refractivity contribution in [3.63, 3.8) is 0 Å². The molecule has 0 aliphatic rings. The Hall–Kier alpha value is -3.57. The van der Waals surface area contributed by atoms with Crippen molar-refractivity contribution in [3.05, 3.63) is 71.5 Å². The van der Waals surface area contributed by atoms with Crippen LogP contribution in [0.15, 0.2) is 59.8 Å². The second kappa shape index (κ2) is 9.06. The van der Waals surface area contributed by atoms with Gasteiger partial charge in [-0.2, -0.15) is 10.4 Å². The highest BCUT2D eigenvalue weighted by atomic mass is 32.2. The number of rotatable bonds is 7. The summed E-state index contributed by atoms with van der Waals surface area (Å²) in [5.41, 5.74) is 4.09. The van der Waals surface area contributed by atoms with E-state index in [1.54, 1.807) is 18.9 Å². The summed E-state index contributed by atoms with van der Waals surface area (Å²) in [6.45, 7) is 4.67. The van der Waals surface area contributed by atoms with Crippen molar-refractivity contribution < 1.29 is 4.74 Å². The first kappa shape index (κ1) is 20.7. The van der Waals surface area contributed by atoms with Gasteiger partial charge in [-0.15, -0.1) is 10.2 Å². The summed E-state index contributed by atoms with van der Waals surface area (Å²) in [7, 11) is 1.65. The SMILES string of the molecule is CCn1c(SCc2c(C#N)c(C)nn2-c2ccccc2)nnc1-c1ccc(OC)cc1. The van der Waals surface area contributed by atoms with Gasteiger partial charge in [0.25, 0.3) is 0 Å². The van der Waals surface area contributed by atoms with E-state index in [4.69, 9.17) is 4.74 Å². The van der Waals surface area contributed by atoms with Crippen LogP contribution in [0.5, 0.6) is 5.75 Å². The molecule has 2 heterocycles. The molecule has 7 nitrogen and oxygen atoms in total. The number of benzene rings is 2. The van der Waals surface area contributed by atoms with E-state index in [0.29, 0.717) is 11.3 Å². The largest absolute Gasteiger partial charge is 0.497 e. The van der Waals surface area contributed by atoms with E-state index < -0.39 is 0 Å². The lowest BCUT2D eigenvalue weighted by molar-refractivity contribution is 0.415. The number of hydrogen-bond donors (Lipinski definition) is 0. The Morgan fingerprint density at radius 1 is 1.06 bits per heavy atom. The van der Waals surface area contributed by atoms with Gasteiger partial charge in [-0.3, -0.25) is 0 Å². The lowest BCUT2D eigenvalue weighted by Crippen LogP contribution is -2.03. The Labute approximate surface area is 185 Å². The third-order valence-corrected chi connectivity index (χ3v) is 5.97. The van der Waals surface area contributed by atoms with Crippen LogP contribution in [0.25, 0.3) is 17.1 Å². The number of para-hydroxylation sites is 1. The predicted molar refractivity (Wildman–Crippen MR) is 120 cm³/mol. The van der Waals surface area contributed by atoms with Gasteiger partial charge < -0.3 is 9.30 Å². The van der Waals surface area contributed by atoms with Crippen molar-refractivity contribution in [2.75, 3.05) is 7.11 Å². The highest BCUT2D eigenvalue weighted by Gasteiger charge is 2.19. The first-order chi connectivity index (χ1) is 15.2. The second-order valence-electron chi connectivity index (χ2n) is 6.83. The first-order valence-electron chi connectivity index (χ1n) is 9.90. The molecule has 0 radical (unpaired) electrons. The van der Waals surface area contributed by atoms with Gasteiger partial charge in [-0.05, 0) is 50.2 Å². The zero-order valence-corrected chi connectivity index (χ0v) is 18.4. The number of thioether (sulfide) groups is 1. The van der Waals surface area contributed by atoms with E-state index in [0.717, 1.165) is 45.9 Å². The predicted octanol–water partition coefficient (Wildman–Crippen LogP) is 4.63. The van der Waals surface area contributed by atoms with Crippen molar-refractivity contribution in [2.24, 2.45) is 0 Å². The third kappa shape index (κ3) is 4.05. The maximum atomic E-state index is 9.70. The van der Waals surface area contributed by atoms with Gasteiger partial charge in [-0.1, -0.05) is 30.0 Å². The standard InChI is InChI=1S/C23H22N6OS/c1-4-28-22(17-10-12-19(30-3)13-11-17)25-26-23(28)31-15-21-20(14-24)16(2)27-29(21)18-8-6-5-7-9-18/h5-13H,4,15H2,1-3H3. The quantitative estimate of drug-likeness (QED) is 0.398. The van der Waals surface area contributed by atoms with Crippen molar-refractivity contribution >= 4 is 11.8 Å². The molecule has 0 amide bonds. The van der Waals surface area contributed by atoms with Crippen LogP contribution in [0.4, 0.5) is 0 Å². The van der Waals surface area contributed by atoms with Crippen molar-refractivity contribution in [1.82, 2.24) is 24.5 Å². The molecule has 31 heavy (non-hydrogen) atoms. The summed E-state index contributed by atoms with van der Waals surface area (Å²) < 4.78 is 9.17. The molecule has 4 aromatic rings. The average molecular weight is 431 g/mol. The van der Waals surface area contributed by atoms with Gasteiger partial charge in [0, 0.05) is 17.9 Å². The van der Waals surface area contributed by atoms with Gasteiger partial charge in [0.2, 0.25) is 0 Å².